The number of hydrazone groups is 1. The summed E-state index contributed by atoms with van der Waals surface area (Å²) < 4.78 is 11.5. The number of benzene rings is 2. The lowest BCUT2D eigenvalue weighted by atomic mass is 9.87. The maximum absolute atomic E-state index is 12.3. The first kappa shape index (κ1) is 18.3. The van der Waals surface area contributed by atoms with Gasteiger partial charge in [-0.1, -0.05) is 56.6 Å². The van der Waals surface area contributed by atoms with Gasteiger partial charge in [0.1, 0.15) is 6.61 Å². The average molecular weight is 373 g/mol. The third kappa shape index (κ3) is 4.17. The van der Waals surface area contributed by atoms with E-state index in [2.05, 4.69) is 31.3 Å². The molecule has 1 heterocycles. The van der Waals surface area contributed by atoms with Crippen LogP contribution in [0.25, 0.3) is 0 Å². The largest absolute Gasteiger partial charge is 0.485 e. The minimum Gasteiger partial charge on any atom is -0.485 e. The Morgan fingerprint density at radius 2 is 2.00 bits per heavy atom. The lowest BCUT2D eigenvalue weighted by Gasteiger charge is -2.27. The molecule has 0 spiro atoms. The predicted molar refractivity (Wildman–Crippen MR) is 102 cm³/mol. The molecule has 0 aliphatic carbocycles. The summed E-state index contributed by atoms with van der Waals surface area (Å²) in [5, 5.41) is 4.51. The standard InChI is InChI=1S/C20H21ClN2O3/c1-20(2,3)14-8-9-16-17(10-14)26-18(12-25-16)19(24)23-22-11-13-6-4-5-7-15(13)21/h4-11,18H,12H2,1-3H3,(H,23,24)/b22-11-/t18-/m1/s1. The van der Waals surface area contributed by atoms with Crippen LogP contribution in [0.3, 0.4) is 0 Å². The first-order valence-corrected chi connectivity index (χ1v) is 8.74. The van der Waals surface area contributed by atoms with E-state index in [9.17, 15) is 4.79 Å². The molecule has 0 aromatic heterocycles. The number of ether oxygens (including phenoxy) is 2. The monoisotopic (exact) mass is 372 g/mol. The van der Waals surface area contributed by atoms with Gasteiger partial charge in [0.15, 0.2) is 11.5 Å². The molecule has 1 aliphatic heterocycles. The molecule has 136 valence electrons. The number of nitrogens with zero attached hydrogens (tertiary/aromatic N) is 1. The van der Waals surface area contributed by atoms with Gasteiger partial charge in [-0.25, -0.2) is 5.43 Å². The summed E-state index contributed by atoms with van der Waals surface area (Å²) in [6.45, 7) is 6.49. The smallest absolute Gasteiger partial charge is 0.284 e. The van der Waals surface area contributed by atoms with Crippen molar-refractivity contribution >= 4 is 23.7 Å². The third-order valence-corrected chi connectivity index (χ3v) is 4.39. The Labute approximate surface area is 158 Å². The molecule has 0 saturated carbocycles. The van der Waals surface area contributed by atoms with E-state index in [1.165, 1.54) is 6.21 Å². The van der Waals surface area contributed by atoms with Gasteiger partial charge in [-0.3, -0.25) is 4.79 Å². The summed E-state index contributed by atoms with van der Waals surface area (Å²) in [6.07, 6.45) is 0.733. The lowest BCUT2D eigenvalue weighted by molar-refractivity contribution is -0.130. The molecule has 5 nitrogen and oxygen atoms in total. The van der Waals surface area contributed by atoms with Crippen LogP contribution in [0.2, 0.25) is 5.02 Å². The Balaban J connectivity index is 1.66. The molecule has 1 aliphatic rings. The molecule has 1 amide bonds. The van der Waals surface area contributed by atoms with Gasteiger partial charge in [-0.05, 0) is 29.2 Å². The lowest BCUT2D eigenvalue weighted by Crippen LogP contribution is -2.42. The zero-order valence-corrected chi connectivity index (χ0v) is 15.7. The summed E-state index contributed by atoms with van der Waals surface area (Å²) in [6, 6.07) is 13.0. The number of rotatable bonds is 3. The highest BCUT2D eigenvalue weighted by Gasteiger charge is 2.28. The highest BCUT2D eigenvalue weighted by Crippen LogP contribution is 2.36. The quantitative estimate of drug-likeness (QED) is 0.656. The molecule has 6 heteroatoms. The predicted octanol–water partition coefficient (Wildman–Crippen LogP) is 3.93. The molecule has 0 bridgehead atoms. The maximum Gasteiger partial charge on any atom is 0.284 e. The Morgan fingerprint density at radius 3 is 2.73 bits per heavy atom. The summed E-state index contributed by atoms with van der Waals surface area (Å²) >= 11 is 6.05. The van der Waals surface area contributed by atoms with E-state index < -0.39 is 6.10 Å². The SMILES string of the molecule is CC(C)(C)c1ccc2c(c1)O[C@@H](C(=O)N/N=C\c1ccccc1Cl)CO2. The van der Waals surface area contributed by atoms with Gasteiger partial charge in [0.2, 0.25) is 6.10 Å². The summed E-state index contributed by atoms with van der Waals surface area (Å²) in [5.74, 6) is 0.834. The van der Waals surface area contributed by atoms with Crippen molar-refractivity contribution in [3.8, 4) is 11.5 Å². The molecule has 26 heavy (non-hydrogen) atoms. The summed E-state index contributed by atoms with van der Waals surface area (Å²) in [7, 11) is 0. The third-order valence-electron chi connectivity index (χ3n) is 4.05. The van der Waals surface area contributed by atoms with Crippen LogP contribution in [0.1, 0.15) is 31.9 Å². The number of fused-ring (bicyclic) bond motifs is 1. The second-order valence-electron chi connectivity index (χ2n) is 7.08. The van der Waals surface area contributed by atoms with Crippen molar-refractivity contribution in [3.05, 3.63) is 58.6 Å². The fraction of sp³-hybridized carbons (Fsp3) is 0.300. The van der Waals surface area contributed by atoms with Crippen molar-refractivity contribution in [1.29, 1.82) is 0 Å². The van der Waals surface area contributed by atoms with Gasteiger partial charge in [0, 0.05) is 10.6 Å². The van der Waals surface area contributed by atoms with Gasteiger partial charge >= 0.3 is 0 Å². The van der Waals surface area contributed by atoms with Gasteiger partial charge in [0.05, 0.1) is 6.21 Å². The molecular formula is C20H21ClN2O3. The number of amides is 1. The van der Waals surface area contributed by atoms with E-state index in [0.717, 1.165) is 11.1 Å². The van der Waals surface area contributed by atoms with Crippen molar-refractivity contribution in [3.63, 3.8) is 0 Å². The Kier molecular flexibility index (Phi) is 5.18. The fourth-order valence-electron chi connectivity index (χ4n) is 2.49. The van der Waals surface area contributed by atoms with E-state index in [0.29, 0.717) is 16.5 Å². The highest BCUT2D eigenvalue weighted by molar-refractivity contribution is 6.33. The molecule has 0 radical (unpaired) electrons. The molecule has 1 N–H and O–H groups in total. The normalized spacial score (nSPS) is 16.5. The topological polar surface area (TPSA) is 59.9 Å². The molecule has 0 unspecified atom stereocenters. The number of hydrogen-bond donors (Lipinski definition) is 1. The van der Waals surface area contributed by atoms with E-state index in [4.69, 9.17) is 21.1 Å². The summed E-state index contributed by atoms with van der Waals surface area (Å²) in [4.78, 5) is 12.3. The fourth-order valence-corrected chi connectivity index (χ4v) is 2.67. The molecule has 0 saturated heterocycles. The highest BCUT2D eigenvalue weighted by atomic mass is 35.5. The average Bonchev–Trinajstić information content (AvgIpc) is 2.61. The molecule has 2 aromatic rings. The zero-order valence-electron chi connectivity index (χ0n) is 15.0. The van der Waals surface area contributed by atoms with Gasteiger partial charge in [0.25, 0.3) is 5.91 Å². The first-order valence-electron chi connectivity index (χ1n) is 8.36. The second-order valence-corrected chi connectivity index (χ2v) is 7.49. The second kappa shape index (κ2) is 7.38. The van der Waals surface area contributed by atoms with Crippen molar-refractivity contribution in [2.75, 3.05) is 6.61 Å². The molecule has 3 rings (SSSR count). The Morgan fingerprint density at radius 1 is 1.23 bits per heavy atom. The van der Waals surface area contributed by atoms with Crippen LogP contribution in [0, 0.1) is 0 Å². The van der Waals surface area contributed by atoms with Crippen LogP contribution in [-0.4, -0.2) is 24.8 Å². The Hall–Kier alpha value is -2.53. The van der Waals surface area contributed by atoms with Crippen molar-refractivity contribution < 1.29 is 14.3 Å². The van der Waals surface area contributed by atoms with Crippen LogP contribution in [0.5, 0.6) is 11.5 Å². The number of carbonyl (C=O) groups is 1. The van der Waals surface area contributed by atoms with E-state index in [1.54, 1.807) is 6.07 Å². The van der Waals surface area contributed by atoms with Gasteiger partial charge < -0.3 is 9.47 Å². The number of carbonyl (C=O) groups excluding carboxylic acids is 1. The van der Waals surface area contributed by atoms with Crippen LogP contribution in [0.15, 0.2) is 47.6 Å². The van der Waals surface area contributed by atoms with Crippen LogP contribution in [0.4, 0.5) is 0 Å². The van der Waals surface area contributed by atoms with Crippen molar-refractivity contribution in [2.24, 2.45) is 5.10 Å². The van der Waals surface area contributed by atoms with Crippen LogP contribution in [-0.2, 0) is 10.2 Å². The minimum atomic E-state index is -0.763. The van der Waals surface area contributed by atoms with Gasteiger partial charge in [-0.2, -0.15) is 5.10 Å². The van der Waals surface area contributed by atoms with E-state index >= 15 is 0 Å². The number of halogens is 1. The first-order chi connectivity index (χ1) is 12.3. The number of nitrogens with one attached hydrogen (secondary N) is 1. The van der Waals surface area contributed by atoms with Crippen molar-refractivity contribution in [2.45, 2.75) is 32.3 Å². The Bertz CT molecular complexity index is 843. The van der Waals surface area contributed by atoms with Crippen LogP contribution < -0.4 is 14.9 Å². The molecule has 2 aromatic carbocycles. The molecule has 1 atom stereocenters. The zero-order chi connectivity index (χ0) is 18.7. The molecule has 0 fully saturated rings. The van der Waals surface area contributed by atoms with Gasteiger partial charge in [-0.15, -0.1) is 0 Å². The van der Waals surface area contributed by atoms with Crippen LogP contribution >= 0.6 is 11.6 Å². The van der Waals surface area contributed by atoms with E-state index in [-0.39, 0.29) is 17.9 Å². The molecular weight excluding hydrogens is 352 g/mol. The van der Waals surface area contributed by atoms with E-state index in [1.807, 2.05) is 36.4 Å². The summed E-state index contributed by atoms with van der Waals surface area (Å²) in [5.41, 5.74) is 4.28. The number of hydrogen-bond acceptors (Lipinski definition) is 4. The maximum atomic E-state index is 12.3. The minimum absolute atomic E-state index is 0.0210. The van der Waals surface area contributed by atoms with Crippen molar-refractivity contribution in [1.82, 2.24) is 5.43 Å².